The van der Waals surface area contributed by atoms with Crippen LogP contribution in [-0.4, -0.2) is 29.1 Å². The largest absolute Gasteiger partial charge is 0.505 e. The monoisotopic (exact) mass is 238 g/mol. The Morgan fingerprint density at radius 3 is 2.94 bits per heavy atom. The molecule has 17 heavy (non-hydrogen) atoms. The molecule has 0 amide bonds. The normalized spacial score (nSPS) is 26.1. The molecule has 4 heteroatoms. The summed E-state index contributed by atoms with van der Waals surface area (Å²) in [6.07, 6.45) is 0.988. The molecule has 0 spiro atoms. The van der Waals surface area contributed by atoms with Gasteiger partial charge >= 0.3 is 0 Å². The Morgan fingerprint density at radius 2 is 2.29 bits per heavy atom. The second-order valence-electron chi connectivity index (χ2n) is 4.95. The Kier molecular flexibility index (Phi) is 3.64. The third-order valence-corrected chi connectivity index (χ3v) is 3.47. The van der Waals surface area contributed by atoms with Crippen molar-refractivity contribution in [1.82, 2.24) is 4.90 Å². The highest BCUT2D eigenvalue weighted by atomic mass is 19.1. The second kappa shape index (κ2) is 5.02. The molecule has 0 aromatic heterocycles. The molecule has 94 valence electrons. The van der Waals surface area contributed by atoms with E-state index in [1.165, 1.54) is 12.1 Å². The first kappa shape index (κ1) is 12.3. The molecule has 0 bridgehead atoms. The molecule has 0 aliphatic carbocycles. The van der Waals surface area contributed by atoms with E-state index in [1.54, 1.807) is 6.07 Å². The van der Waals surface area contributed by atoms with Crippen LogP contribution in [0.15, 0.2) is 18.2 Å². The van der Waals surface area contributed by atoms with E-state index in [-0.39, 0.29) is 11.8 Å². The lowest BCUT2D eigenvalue weighted by Gasteiger charge is -2.35. The van der Waals surface area contributed by atoms with Crippen LogP contribution in [0, 0.1) is 11.7 Å². The van der Waals surface area contributed by atoms with Gasteiger partial charge in [-0.2, -0.15) is 0 Å². The van der Waals surface area contributed by atoms with Crippen LogP contribution in [0.2, 0.25) is 0 Å². The number of aromatic hydroxyl groups is 1. The zero-order valence-corrected chi connectivity index (χ0v) is 10.1. The van der Waals surface area contributed by atoms with E-state index >= 15 is 0 Å². The van der Waals surface area contributed by atoms with Gasteiger partial charge in [0.15, 0.2) is 11.6 Å². The second-order valence-corrected chi connectivity index (χ2v) is 4.95. The number of benzene rings is 1. The highest BCUT2D eigenvalue weighted by Crippen LogP contribution is 2.20. The summed E-state index contributed by atoms with van der Waals surface area (Å²) < 4.78 is 13.2. The van der Waals surface area contributed by atoms with E-state index in [1.807, 2.05) is 0 Å². The molecule has 2 unspecified atom stereocenters. The van der Waals surface area contributed by atoms with Crippen molar-refractivity contribution in [1.29, 1.82) is 0 Å². The number of piperidine rings is 1. The molecule has 2 atom stereocenters. The summed E-state index contributed by atoms with van der Waals surface area (Å²) in [6, 6.07) is 4.85. The molecule has 0 saturated carbocycles. The van der Waals surface area contributed by atoms with Gasteiger partial charge in [-0.05, 0) is 36.6 Å². The number of phenols is 1. The number of phenolic OH excluding ortho intramolecular Hbond substituents is 1. The van der Waals surface area contributed by atoms with E-state index in [4.69, 9.17) is 10.8 Å². The van der Waals surface area contributed by atoms with Crippen LogP contribution in [-0.2, 0) is 6.54 Å². The molecule has 1 aromatic rings. The average Bonchev–Trinajstić information content (AvgIpc) is 2.29. The van der Waals surface area contributed by atoms with E-state index in [0.29, 0.717) is 12.5 Å². The minimum Gasteiger partial charge on any atom is -0.505 e. The number of hydrogen-bond donors (Lipinski definition) is 2. The maximum atomic E-state index is 13.2. The van der Waals surface area contributed by atoms with Gasteiger partial charge in [0.2, 0.25) is 0 Å². The van der Waals surface area contributed by atoms with Crippen LogP contribution in [0.1, 0.15) is 18.9 Å². The number of rotatable bonds is 2. The lowest BCUT2D eigenvalue weighted by molar-refractivity contribution is 0.157. The molecule has 1 aliphatic rings. The van der Waals surface area contributed by atoms with Crippen molar-refractivity contribution in [3.05, 3.63) is 29.6 Å². The molecular formula is C13H19FN2O. The van der Waals surface area contributed by atoms with Gasteiger partial charge in [0.1, 0.15) is 0 Å². The van der Waals surface area contributed by atoms with Crippen molar-refractivity contribution in [2.75, 3.05) is 13.1 Å². The van der Waals surface area contributed by atoms with Gasteiger partial charge < -0.3 is 10.8 Å². The van der Waals surface area contributed by atoms with Gasteiger partial charge in [0, 0.05) is 19.1 Å². The standard InChI is InChI=1S/C13H19FN2O/c1-9-7-16(5-4-12(9)15)8-10-2-3-13(17)11(14)6-10/h2-3,6,9,12,17H,4-5,7-8,15H2,1H3. The van der Waals surface area contributed by atoms with Gasteiger partial charge in [-0.25, -0.2) is 4.39 Å². The highest BCUT2D eigenvalue weighted by molar-refractivity contribution is 5.27. The summed E-state index contributed by atoms with van der Waals surface area (Å²) in [5.74, 6) is -0.363. The lowest BCUT2D eigenvalue weighted by Crippen LogP contribution is -2.45. The fourth-order valence-corrected chi connectivity index (χ4v) is 2.30. The van der Waals surface area contributed by atoms with Gasteiger partial charge in [-0.15, -0.1) is 0 Å². The molecule has 0 radical (unpaired) electrons. The molecule has 1 saturated heterocycles. The predicted molar refractivity (Wildman–Crippen MR) is 65.1 cm³/mol. The minimum atomic E-state index is -0.552. The Bertz CT molecular complexity index is 397. The van der Waals surface area contributed by atoms with Crippen LogP contribution in [0.4, 0.5) is 4.39 Å². The summed E-state index contributed by atoms with van der Waals surface area (Å²) >= 11 is 0. The Labute approximate surface area is 101 Å². The van der Waals surface area contributed by atoms with Crippen molar-refractivity contribution in [3.8, 4) is 5.75 Å². The third kappa shape index (κ3) is 2.96. The highest BCUT2D eigenvalue weighted by Gasteiger charge is 2.22. The summed E-state index contributed by atoms with van der Waals surface area (Å²) in [7, 11) is 0. The Balaban J connectivity index is 1.99. The third-order valence-electron chi connectivity index (χ3n) is 3.47. The molecule has 3 N–H and O–H groups in total. The van der Waals surface area contributed by atoms with Crippen molar-refractivity contribution in [2.24, 2.45) is 11.7 Å². The quantitative estimate of drug-likeness (QED) is 0.824. The fraction of sp³-hybridized carbons (Fsp3) is 0.538. The van der Waals surface area contributed by atoms with Gasteiger partial charge in [0.05, 0.1) is 0 Å². The van der Waals surface area contributed by atoms with E-state index in [0.717, 1.165) is 25.1 Å². The molecule has 1 fully saturated rings. The van der Waals surface area contributed by atoms with Crippen LogP contribution >= 0.6 is 0 Å². The number of likely N-dealkylation sites (tertiary alicyclic amines) is 1. The fourth-order valence-electron chi connectivity index (χ4n) is 2.30. The van der Waals surface area contributed by atoms with Crippen LogP contribution in [0.3, 0.4) is 0 Å². The first-order valence-corrected chi connectivity index (χ1v) is 6.01. The number of halogens is 1. The van der Waals surface area contributed by atoms with Crippen molar-refractivity contribution < 1.29 is 9.50 Å². The molecular weight excluding hydrogens is 219 g/mol. The topological polar surface area (TPSA) is 49.5 Å². The van der Waals surface area contributed by atoms with Crippen LogP contribution in [0.5, 0.6) is 5.75 Å². The SMILES string of the molecule is CC1CN(Cc2ccc(O)c(F)c2)CCC1N. The van der Waals surface area contributed by atoms with Crippen molar-refractivity contribution >= 4 is 0 Å². The molecule has 1 heterocycles. The minimum absolute atomic E-state index is 0.280. The van der Waals surface area contributed by atoms with Gasteiger partial charge in [-0.1, -0.05) is 13.0 Å². The Hall–Kier alpha value is -1.13. The Morgan fingerprint density at radius 1 is 1.53 bits per heavy atom. The van der Waals surface area contributed by atoms with Gasteiger partial charge in [-0.3, -0.25) is 4.90 Å². The number of nitrogens with zero attached hydrogens (tertiary/aromatic N) is 1. The molecule has 1 aliphatic heterocycles. The first-order valence-electron chi connectivity index (χ1n) is 6.01. The number of hydrogen-bond acceptors (Lipinski definition) is 3. The lowest BCUT2D eigenvalue weighted by atomic mass is 9.94. The maximum absolute atomic E-state index is 13.2. The maximum Gasteiger partial charge on any atom is 0.165 e. The smallest absolute Gasteiger partial charge is 0.165 e. The van der Waals surface area contributed by atoms with Crippen LogP contribution in [0.25, 0.3) is 0 Å². The summed E-state index contributed by atoms with van der Waals surface area (Å²) in [5, 5.41) is 9.12. The number of nitrogens with two attached hydrogens (primary N) is 1. The van der Waals surface area contributed by atoms with Crippen LogP contribution < -0.4 is 5.73 Å². The van der Waals surface area contributed by atoms with Crippen molar-refractivity contribution in [3.63, 3.8) is 0 Å². The summed E-state index contributed by atoms with van der Waals surface area (Å²) in [5.41, 5.74) is 6.85. The van der Waals surface area contributed by atoms with Gasteiger partial charge in [0.25, 0.3) is 0 Å². The molecule has 1 aromatic carbocycles. The van der Waals surface area contributed by atoms with E-state index in [9.17, 15) is 4.39 Å². The van der Waals surface area contributed by atoms with Crippen molar-refractivity contribution in [2.45, 2.75) is 25.9 Å². The summed E-state index contributed by atoms with van der Waals surface area (Å²) in [6.45, 7) is 4.76. The zero-order valence-electron chi connectivity index (χ0n) is 10.1. The predicted octanol–water partition coefficient (Wildman–Crippen LogP) is 1.70. The zero-order chi connectivity index (χ0) is 12.4. The van der Waals surface area contributed by atoms with E-state index in [2.05, 4.69) is 11.8 Å². The average molecular weight is 238 g/mol. The molecule has 2 rings (SSSR count). The molecule has 3 nitrogen and oxygen atoms in total. The first-order chi connectivity index (χ1) is 8.06. The van der Waals surface area contributed by atoms with E-state index < -0.39 is 5.82 Å². The summed E-state index contributed by atoms with van der Waals surface area (Å²) in [4.78, 5) is 2.28.